The van der Waals surface area contributed by atoms with Crippen LogP contribution in [0, 0.1) is 5.82 Å². The largest absolute Gasteiger partial charge is 0.482 e. The third kappa shape index (κ3) is 5.03. The Bertz CT molecular complexity index is 1170. The number of carbonyl (C=O) groups is 1. The van der Waals surface area contributed by atoms with Crippen LogP contribution in [0.5, 0.6) is 5.75 Å². The third-order valence-electron chi connectivity index (χ3n) is 3.56. The normalized spacial score (nSPS) is 11.0. The molecular formula is C18H12ClFN4O3S2. The van der Waals surface area contributed by atoms with E-state index in [1.807, 2.05) is 0 Å². The molecule has 1 amide bonds. The summed E-state index contributed by atoms with van der Waals surface area (Å²) in [6.07, 6.45) is 0. The standard InChI is InChI=1S/C18H12ClFN4O3S2/c19-11-3-1-2-4-13(11)26-8-16-23-24-18(27-16)28-9-15(25)22-17-21-12-6-5-10(20)7-14(12)29-17/h1-7H,8-9H2,(H,21,22,25). The minimum Gasteiger partial charge on any atom is -0.482 e. The van der Waals surface area contributed by atoms with Crippen molar-refractivity contribution in [2.75, 3.05) is 11.1 Å². The summed E-state index contributed by atoms with van der Waals surface area (Å²) < 4.78 is 24.9. The van der Waals surface area contributed by atoms with Crippen molar-refractivity contribution in [1.82, 2.24) is 15.2 Å². The van der Waals surface area contributed by atoms with E-state index < -0.39 is 0 Å². The first-order chi connectivity index (χ1) is 14.1. The molecular weight excluding hydrogens is 439 g/mol. The van der Waals surface area contributed by atoms with E-state index in [0.717, 1.165) is 11.8 Å². The van der Waals surface area contributed by atoms with Crippen LogP contribution >= 0.6 is 34.7 Å². The van der Waals surface area contributed by atoms with Crippen LogP contribution in [0.3, 0.4) is 0 Å². The van der Waals surface area contributed by atoms with E-state index in [1.165, 1.54) is 23.5 Å². The second kappa shape index (κ2) is 8.76. The first-order valence-electron chi connectivity index (χ1n) is 8.25. The highest BCUT2D eigenvalue weighted by molar-refractivity contribution is 7.99. The number of amides is 1. The second-order valence-electron chi connectivity index (χ2n) is 5.65. The van der Waals surface area contributed by atoms with Crippen molar-refractivity contribution in [3.8, 4) is 5.75 Å². The molecule has 0 spiro atoms. The smallest absolute Gasteiger partial charge is 0.277 e. The van der Waals surface area contributed by atoms with Gasteiger partial charge < -0.3 is 14.5 Å². The predicted octanol–water partition coefficient (Wildman–Crippen LogP) is 4.78. The van der Waals surface area contributed by atoms with Gasteiger partial charge in [-0.2, -0.15) is 0 Å². The van der Waals surface area contributed by atoms with E-state index in [1.54, 1.807) is 30.3 Å². The van der Waals surface area contributed by atoms with E-state index in [9.17, 15) is 9.18 Å². The molecule has 4 aromatic rings. The Morgan fingerprint density at radius 1 is 1.28 bits per heavy atom. The van der Waals surface area contributed by atoms with Crippen LogP contribution in [-0.2, 0) is 11.4 Å². The molecule has 0 aliphatic carbocycles. The van der Waals surface area contributed by atoms with Crippen LogP contribution < -0.4 is 10.1 Å². The van der Waals surface area contributed by atoms with Crippen molar-refractivity contribution >= 4 is 56.0 Å². The molecule has 7 nitrogen and oxygen atoms in total. The SMILES string of the molecule is O=C(CSc1nnc(COc2ccccc2Cl)o1)Nc1nc2ccc(F)cc2s1. The van der Waals surface area contributed by atoms with Crippen LogP contribution in [0.4, 0.5) is 9.52 Å². The van der Waals surface area contributed by atoms with Gasteiger partial charge in [0.25, 0.3) is 11.1 Å². The number of fused-ring (bicyclic) bond motifs is 1. The van der Waals surface area contributed by atoms with E-state index in [2.05, 4.69) is 20.5 Å². The number of rotatable bonds is 7. The highest BCUT2D eigenvalue weighted by Crippen LogP contribution is 2.27. The molecule has 1 N–H and O–H groups in total. The number of anilines is 1. The lowest BCUT2D eigenvalue weighted by Crippen LogP contribution is -2.13. The van der Waals surface area contributed by atoms with Gasteiger partial charge in [-0.15, -0.1) is 10.2 Å². The number of aromatic nitrogens is 3. The summed E-state index contributed by atoms with van der Waals surface area (Å²) in [4.78, 5) is 16.4. The van der Waals surface area contributed by atoms with Gasteiger partial charge in [0.15, 0.2) is 11.7 Å². The summed E-state index contributed by atoms with van der Waals surface area (Å²) in [6, 6.07) is 11.3. The number of benzene rings is 2. The lowest BCUT2D eigenvalue weighted by atomic mass is 10.3. The van der Waals surface area contributed by atoms with Gasteiger partial charge in [-0.05, 0) is 30.3 Å². The molecule has 2 aromatic carbocycles. The van der Waals surface area contributed by atoms with E-state index in [-0.39, 0.29) is 35.2 Å². The Kier molecular flexibility index (Phi) is 5.93. The fourth-order valence-corrected chi connectivity index (χ4v) is 3.97. The molecule has 0 aliphatic rings. The summed E-state index contributed by atoms with van der Waals surface area (Å²) in [6.45, 7) is 0.0613. The van der Waals surface area contributed by atoms with Crippen molar-refractivity contribution in [2.24, 2.45) is 0 Å². The molecule has 0 unspecified atom stereocenters. The molecule has 0 bridgehead atoms. The topological polar surface area (TPSA) is 90.1 Å². The molecule has 0 atom stereocenters. The fourth-order valence-electron chi connectivity index (χ4n) is 2.29. The number of hydrogen-bond donors (Lipinski definition) is 1. The van der Waals surface area contributed by atoms with Gasteiger partial charge in [-0.25, -0.2) is 9.37 Å². The zero-order valence-electron chi connectivity index (χ0n) is 14.6. The van der Waals surface area contributed by atoms with Gasteiger partial charge in [0, 0.05) is 0 Å². The first-order valence-corrected chi connectivity index (χ1v) is 10.4. The van der Waals surface area contributed by atoms with Crippen molar-refractivity contribution in [3.63, 3.8) is 0 Å². The summed E-state index contributed by atoms with van der Waals surface area (Å²) in [5.41, 5.74) is 0.624. The Hall–Kier alpha value is -2.69. The van der Waals surface area contributed by atoms with E-state index in [4.69, 9.17) is 20.8 Å². The predicted molar refractivity (Wildman–Crippen MR) is 109 cm³/mol. The van der Waals surface area contributed by atoms with Gasteiger partial charge in [0.2, 0.25) is 5.91 Å². The first kappa shape index (κ1) is 19.6. The Labute approximate surface area is 177 Å². The maximum Gasteiger partial charge on any atom is 0.277 e. The fraction of sp³-hybridized carbons (Fsp3) is 0.111. The lowest BCUT2D eigenvalue weighted by Gasteiger charge is -2.04. The minimum absolute atomic E-state index is 0.0529. The number of halogens is 2. The number of thiazole rings is 1. The summed E-state index contributed by atoms with van der Waals surface area (Å²) in [5, 5.41) is 11.5. The number of nitrogens with zero attached hydrogens (tertiary/aromatic N) is 3. The summed E-state index contributed by atoms with van der Waals surface area (Å²) in [7, 11) is 0. The molecule has 0 saturated carbocycles. The van der Waals surface area contributed by atoms with Crippen LogP contribution in [0.25, 0.3) is 10.2 Å². The van der Waals surface area contributed by atoms with Crippen molar-refractivity contribution < 1.29 is 18.3 Å². The van der Waals surface area contributed by atoms with Crippen LogP contribution in [0.1, 0.15) is 5.89 Å². The van der Waals surface area contributed by atoms with Gasteiger partial charge in [0.05, 0.1) is 21.0 Å². The van der Waals surface area contributed by atoms with Gasteiger partial charge in [-0.3, -0.25) is 4.79 Å². The van der Waals surface area contributed by atoms with Crippen LogP contribution in [0.15, 0.2) is 52.1 Å². The van der Waals surface area contributed by atoms with Gasteiger partial charge in [-0.1, -0.05) is 46.8 Å². The molecule has 0 fully saturated rings. The van der Waals surface area contributed by atoms with Gasteiger partial charge >= 0.3 is 0 Å². The number of carbonyl (C=O) groups excluding carboxylic acids is 1. The average Bonchev–Trinajstić information content (AvgIpc) is 3.31. The average molecular weight is 451 g/mol. The maximum atomic E-state index is 13.2. The van der Waals surface area contributed by atoms with Crippen molar-refractivity contribution in [3.05, 3.63) is 59.2 Å². The van der Waals surface area contributed by atoms with Gasteiger partial charge in [0.1, 0.15) is 11.6 Å². The number of ether oxygens (including phenoxy) is 1. The van der Waals surface area contributed by atoms with E-state index >= 15 is 0 Å². The number of hydrogen-bond acceptors (Lipinski definition) is 8. The van der Waals surface area contributed by atoms with Crippen molar-refractivity contribution in [2.45, 2.75) is 11.8 Å². The minimum atomic E-state index is -0.347. The van der Waals surface area contributed by atoms with Crippen LogP contribution in [0.2, 0.25) is 5.02 Å². The zero-order chi connectivity index (χ0) is 20.2. The van der Waals surface area contributed by atoms with Crippen LogP contribution in [-0.4, -0.2) is 26.8 Å². The molecule has 0 radical (unpaired) electrons. The highest BCUT2D eigenvalue weighted by Gasteiger charge is 2.13. The number of nitrogens with one attached hydrogen (secondary N) is 1. The summed E-state index contributed by atoms with van der Waals surface area (Å²) in [5.74, 6) is 0.191. The lowest BCUT2D eigenvalue weighted by molar-refractivity contribution is -0.113. The molecule has 4 rings (SSSR count). The van der Waals surface area contributed by atoms with E-state index in [0.29, 0.717) is 26.1 Å². The number of para-hydroxylation sites is 1. The summed E-state index contributed by atoms with van der Waals surface area (Å²) >= 11 is 8.30. The maximum absolute atomic E-state index is 13.2. The molecule has 0 aliphatic heterocycles. The van der Waals surface area contributed by atoms with Crippen molar-refractivity contribution in [1.29, 1.82) is 0 Å². The molecule has 11 heteroatoms. The number of thioether (sulfide) groups is 1. The Morgan fingerprint density at radius 3 is 3.00 bits per heavy atom. The Balaban J connectivity index is 1.28. The molecule has 29 heavy (non-hydrogen) atoms. The molecule has 2 aromatic heterocycles. The monoisotopic (exact) mass is 450 g/mol. The third-order valence-corrected chi connectivity index (χ3v) is 5.62. The molecule has 148 valence electrons. The molecule has 0 saturated heterocycles. The Morgan fingerprint density at radius 2 is 2.14 bits per heavy atom. The molecule has 2 heterocycles. The highest BCUT2D eigenvalue weighted by atomic mass is 35.5. The zero-order valence-corrected chi connectivity index (χ0v) is 17.0. The second-order valence-corrected chi connectivity index (χ2v) is 8.01. The quantitative estimate of drug-likeness (QED) is 0.405.